The summed E-state index contributed by atoms with van der Waals surface area (Å²) in [4.78, 5) is 12.7. The SMILES string of the molecule is Cc1ccc(Cn2cc(NC(=O)c3cccc(OCc4nnnn4C(C)C)c3)cn2)cc1. The van der Waals surface area contributed by atoms with Crippen molar-refractivity contribution < 1.29 is 9.53 Å². The standard InChI is InChI=1S/C23H25N7O2/c1-16(2)30-22(26-27-28-30)15-32-21-6-4-5-19(11-21)23(31)25-20-12-24-29(14-20)13-18-9-7-17(3)8-10-18/h4-12,14,16H,13,15H2,1-3H3,(H,25,31). The molecule has 164 valence electrons. The number of carbonyl (C=O) groups is 1. The number of nitrogens with zero attached hydrogens (tertiary/aromatic N) is 6. The third-order valence-corrected chi connectivity index (χ3v) is 4.87. The van der Waals surface area contributed by atoms with Gasteiger partial charge in [-0.2, -0.15) is 5.10 Å². The lowest BCUT2D eigenvalue weighted by Gasteiger charge is -2.10. The molecule has 0 saturated carbocycles. The lowest BCUT2D eigenvalue weighted by molar-refractivity contribution is 0.102. The lowest BCUT2D eigenvalue weighted by atomic mass is 10.1. The Bertz CT molecular complexity index is 1200. The van der Waals surface area contributed by atoms with Gasteiger partial charge in [-0.3, -0.25) is 9.48 Å². The fraction of sp³-hybridized carbons (Fsp3) is 0.261. The Labute approximate surface area is 186 Å². The van der Waals surface area contributed by atoms with E-state index in [9.17, 15) is 4.79 Å². The summed E-state index contributed by atoms with van der Waals surface area (Å²) in [6, 6.07) is 15.4. The molecule has 1 amide bonds. The smallest absolute Gasteiger partial charge is 0.255 e. The summed E-state index contributed by atoms with van der Waals surface area (Å²) in [5.41, 5.74) is 3.47. The molecule has 32 heavy (non-hydrogen) atoms. The van der Waals surface area contributed by atoms with Crippen molar-refractivity contribution in [1.29, 1.82) is 0 Å². The maximum absolute atomic E-state index is 12.7. The van der Waals surface area contributed by atoms with E-state index in [0.717, 1.165) is 5.56 Å². The molecular weight excluding hydrogens is 406 g/mol. The number of rotatable bonds is 8. The van der Waals surface area contributed by atoms with Gasteiger partial charge < -0.3 is 10.1 Å². The molecule has 2 aromatic carbocycles. The highest BCUT2D eigenvalue weighted by molar-refractivity contribution is 6.04. The number of amides is 1. The van der Waals surface area contributed by atoms with Gasteiger partial charge in [0.05, 0.1) is 24.5 Å². The van der Waals surface area contributed by atoms with Crippen molar-refractivity contribution in [3.63, 3.8) is 0 Å². The normalized spacial score (nSPS) is 11.0. The third kappa shape index (κ3) is 5.18. The number of aromatic nitrogens is 6. The van der Waals surface area contributed by atoms with Crippen molar-refractivity contribution in [2.45, 2.75) is 40.0 Å². The zero-order valence-electron chi connectivity index (χ0n) is 18.3. The average Bonchev–Trinajstić information content (AvgIpc) is 3.43. The Balaban J connectivity index is 1.37. The predicted molar refractivity (Wildman–Crippen MR) is 119 cm³/mol. The summed E-state index contributed by atoms with van der Waals surface area (Å²) >= 11 is 0. The Morgan fingerprint density at radius 2 is 1.97 bits per heavy atom. The highest BCUT2D eigenvalue weighted by Gasteiger charge is 2.12. The molecule has 0 aliphatic carbocycles. The number of ether oxygens (including phenoxy) is 1. The highest BCUT2D eigenvalue weighted by Crippen LogP contribution is 2.17. The number of anilines is 1. The van der Waals surface area contributed by atoms with E-state index in [0.29, 0.717) is 29.4 Å². The van der Waals surface area contributed by atoms with Crippen molar-refractivity contribution in [3.8, 4) is 5.75 Å². The van der Waals surface area contributed by atoms with E-state index >= 15 is 0 Å². The minimum atomic E-state index is -0.239. The van der Waals surface area contributed by atoms with Crippen LogP contribution >= 0.6 is 0 Å². The van der Waals surface area contributed by atoms with Gasteiger partial charge >= 0.3 is 0 Å². The Morgan fingerprint density at radius 3 is 2.75 bits per heavy atom. The number of hydrogen-bond acceptors (Lipinski definition) is 6. The van der Waals surface area contributed by atoms with Gasteiger partial charge in [0.25, 0.3) is 5.91 Å². The Morgan fingerprint density at radius 1 is 1.16 bits per heavy atom. The van der Waals surface area contributed by atoms with Crippen molar-refractivity contribution >= 4 is 11.6 Å². The van der Waals surface area contributed by atoms with Gasteiger partial charge in [0.15, 0.2) is 5.82 Å². The molecule has 2 aromatic heterocycles. The average molecular weight is 432 g/mol. The minimum absolute atomic E-state index is 0.132. The highest BCUT2D eigenvalue weighted by atomic mass is 16.5. The van der Waals surface area contributed by atoms with Crippen molar-refractivity contribution in [1.82, 2.24) is 30.0 Å². The van der Waals surface area contributed by atoms with Crippen LogP contribution in [0.2, 0.25) is 0 Å². The van der Waals surface area contributed by atoms with Crippen LogP contribution in [0.15, 0.2) is 60.9 Å². The van der Waals surface area contributed by atoms with E-state index in [1.807, 2.05) is 20.0 Å². The van der Waals surface area contributed by atoms with Crippen LogP contribution in [0.4, 0.5) is 5.69 Å². The summed E-state index contributed by atoms with van der Waals surface area (Å²) in [6.07, 6.45) is 3.45. The fourth-order valence-corrected chi connectivity index (χ4v) is 3.18. The third-order valence-electron chi connectivity index (χ3n) is 4.87. The van der Waals surface area contributed by atoms with Crippen LogP contribution in [0.5, 0.6) is 5.75 Å². The molecule has 0 aliphatic heterocycles. The molecule has 4 aromatic rings. The minimum Gasteiger partial charge on any atom is -0.486 e. The second kappa shape index (κ2) is 9.42. The molecule has 0 fully saturated rings. The zero-order valence-corrected chi connectivity index (χ0v) is 18.3. The largest absolute Gasteiger partial charge is 0.486 e. The molecule has 2 heterocycles. The Hall–Kier alpha value is -4.01. The number of tetrazole rings is 1. The van der Waals surface area contributed by atoms with E-state index in [4.69, 9.17) is 4.74 Å². The number of aryl methyl sites for hydroxylation is 1. The molecule has 0 saturated heterocycles. The number of nitrogens with one attached hydrogen (secondary N) is 1. The van der Waals surface area contributed by atoms with Crippen molar-refractivity contribution in [2.75, 3.05) is 5.32 Å². The predicted octanol–water partition coefficient (Wildman–Crippen LogP) is 3.64. The van der Waals surface area contributed by atoms with Gasteiger partial charge in [0, 0.05) is 11.8 Å². The molecule has 0 radical (unpaired) electrons. The molecular formula is C23H25N7O2. The lowest BCUT2D eigenvalue weighted by Crippen LogP contribution is -2.12. The molecule has 0 aliphatic rings. The van der Waals surface area contributed by atoms with Crippen LogP contribution in [-0.4, -0.2) is 35.9 Å². The van der Waals surface area contributed by atoms with Gasteiger partial charge in [0.1, 0.15) is 12.4 Å². The number of benzene rings is 2. The molecule has 9 nitrogen and oxygen atoms in total. The fourth-order valence-electron chi connectivity index (χ4n) is 3.18. The molecule has 9 heteroatoms. The summed E-state index contributed by atoms with van der Waals surface area (Å²) in [6.45, 7) is 6.89. The summed E-state index contributed by atoms with van der Waals surface area (Å²) in [5, 5.41) is 18.9. The van der Waals surface area contributed by atoms with Gasteiger partial charge in [0.2, 0.25) is 0 Å². The first kappa shape index (κ1) is 21.2. The maximum Gasteiger partial charge on any atom is 0.255 e. The zero-order chi connectivity index (χ0) is 22.5. The molecule has 0 unspecified atom stereocenters. The summed E-state index contributed by atoms with van der Waals surface area (Å²) in [5.74, 6) is 0.944. The number of hydrogen-bond donors (Lipinski definition) is 1. The van der Waals surface area contributed by atoms with E-state index in [2.05, 4.69) is 57.1 Å². The van der Waals surface area contributed by atoms with E-state index in [1.54, 1.807) is 39.8 Å². The number of carbonyl (C=O) groups excluding carboxylic acids is 1. The van der Waals surface area contributed by atoms with Crippen LogP contribution in [0, 0.1) is 6.92 Å². The topological polar surface area (TPSA) is 99.8 Å². The molecule has 0 atom stereocenters. The molecule has 0 bridgehead atoms. The van der Waals surface area contributed by atoms with Gasteiger partial charge in [-0.05, 0) is 55.0 Å². The Kier molecular flexibility index (Phi) is 6.25. The van der Waals surface area contributed by atoms with Crippen LogP contribution < -0.4 is 10.1 Å². The van der Waals surface area contributed by atoms with E-state index in [1.165, 1.54) is 5.56 Å². The first-order valence-corrected chi connectivity index (χ1v) is 10.4. The van der Waals surface area contributed by atoms with Gasteiger partial charge in [-0.25, -0.2) is 4.68 Å². The molecule has 1 N–H and O–H groups in total. The van der Waals surface area contributed by atoms with Gasteiger partial charge in [-0.1, -0.05) is 35.9 Å². The second-order valence-corrected chi connectivity index (χ2v) is 7.82. The maximum atomic E-state index is 12.7. The van der Waals surface area contributed by atoms with Crippen molar-refractivity contribution in [2.24, 2.45) is 0 Å². The quantitative estimate of drug-likeness (QED) is 0.457. The van der Waals surface area contributed by atoms with Gasteiger partial charge in [-0.15, -0.1) is 5.10 Å². The summed E-state index contributed by atoms with van der Waals surface area (Å²) < 4.78 is 9.29. The first-order valence-electron chi connectivity index (χ1n) is 10.4. The van der Waals surface area contributed by atoms with Crippen LogP contribution in [0.25, 0.3) is 0 Å². The van der Waals surface area contributed by atoms with Crippen LogP contribution in [0.3, 0.4) is 0 Å². The van der Waals surface area contributed by atoms with Crippen LogP contribution in [-0.2, 0) is 13.2 Å². The second-order valence-electron chi connectivity index (χ2n) is 7.82. The van der Waals surface area contributed by atoms with E-state index in [-0.39, 0.29) is 18.6 Å². The monoisotopic (exact) mass is 431 g/mol. The molecule has 4 rings (SSSR count). The van der Waals surface area contributed by atoms with E-state index < -0.39 is 0 Å². The molecule has 0 spiro atoms. The van der Waals surface area contributed by atoms with Crippen LogP contribution in [0.1, 0.15) is 47.2 Å². The summed E-state index contributed by atoms with van der Waals surface area (Å²) in [7, 11) is 0. The van der Waals surface area contributed by atoms with Crippen molar-refractivity contribution in [3.05, 3.63) is 83.4 Å². The first-order chi connectivity index (χ1) is 15.5.